The van der Waals surface area contributed by atoms with Crippen molar-refractivity contribution in [1.82, 2.24) is 20.3 Å². The smallest absolute Gasteiger partial charge is 0.418 e. The molecule has 130 valence electrons. The van der Waals surface area contributed by atoms with E-state index in [4.69, 9.17) is 25.3 Å². The third kappa shape index (κ3) is 4.13. The summed E-state index contributed by atoms with van der Waals surface area (Å²) >= 11 is 6.06. The monoisotopic (exact) mass is 363 g/mol. The van der Waals surface area contributed by atoms with Gasteiger partial charge < -0.3 is 9.15 Å². The number of carbonyl (C=O) groups excluding carboxylic acids is 1. The van der Waals surface area contributed by atoms with E-state index in [9.17, 15) is 4.79 Å². The number of nitrogens with zero attached hydrogens (tertiary/aromatic N) is 4. The van der Waals surface area contributed by atoms with Crippen molar-refractivity contribution in [1.29, 1.82) is 0 Å². The van der Waals surface area contributed by atoms with Crippen LogP contribution < -0.4 is 10.1 Å². The lowest BCUT2D eigenvalue weighted by Crippen LogP contribution is -2.20. The first-order chi connectivity index (χ1) is 12.0. The summed E-state index contributed by atoms with van der Waals surface area (Å²) in [6, 6.07) is 7.03. The Morgan fingerprint density at radius 1 is 1.32 bits per heavy atom. The number of benzene rings is 1. The molecule has 0 unspecified atom stereocenters. The van der Waals surface area contributed by atoms with Crippen molar-refractivity contribution in [2.75, 3.05) is 11.9 Å². The minimum atomic E-state index is -0.503. The second kappa shape index (κ2) is 7.31. The SMILES string of the molecule is CC(C)c1nnc(NC(=O)COc2nc(-c3ccccc3Cl)no2)o1. The first-order valence-corrected chi connectivity index (χ1v) is 7.75. The molecule has 25 heavy (non-hydrogen) atoms. The molecule has 0 fully saturated rings. The standard InChI is InChI=1S/C15H14ClN5O4/c1-8(2)13-19-20-14(24-13)17-11(22)7-23-15-18-12(21-25-15)9-5-3-4-6-10(9)16/h3-6,8H,7H2,1-2H3,(H,17,20,22). The summed E-state index contributed by atoms with van der Waals surface area (Å²) in [7, 11) is 0. The van der Waals surface area contributed by atoms with Crippen LogP contribution in [0.5, 0.6) is 6.08 Å². The van der Waals surface area contributed by atoms with Crippen LogP contribution in [0.15, 0.2) is 33.2 Å². The zero-order valence-electron chi connectivity index (χ0n) is 13.4. The van der Waals surface area contributed by atoms with Gasteiger partial charge >= 0.3 is 12.1 Å². The maximum atomic E-state index is 11.8. The lowest BCUT2D eigenvalue weighted by molar-refractivity contribution is -0.118. The first kappa shape index (κ1) is 16.9. The summed E-state index contributed by atoms with van der Waals surface area (Å²) < 4.78 is 15.4. The quantitative estimate of drug-likeness (QED) is 0.710. The number of rotatable bonds is 6. The average molecular weight is 364 g/mol. The van der Waals surface area contributed by atoms with Crippen molar-refractivity contribution in [3.8, 4) is 17.5 Å². The summed E-state index contributed by atoms with van der Waals surface area (Å²) in [4.78, 5) is 15.9. The van der Waals surface area contributed by atoms with Gasteiger partial charge in [-0.3, -0.25) is 14.6 Å². The zero-order valence-corrected chi connectivity index (χ0v) is 14.1. The molecule has 0 aliphatic carbocycles. The molecule has 9 nitrogen and oxygen atoms in total. The number of hydrogen-bond acceptors (Lipinski definition) is 8. The number of ether oxygens (including phenoxy) is 1. The van der Waals surface area contributed by atoms with E-state index in [1.54, 1.807) is 24.3 Å². The molecule has 0 bridgehead atoms. The van der Waals surface area contributed by atoms with Crippen LogP contribution >= 0.6 is 11.6 Å². The second-order valence-electron chi connectivity index (χ2n) is 5.30. The summed E-state index contributed by atoms with van der Waals surface area (Å²) in [5.74, 6) is 0.254. The highest BCUT2D eigenvalue weighted by Crippen LogP contribution is 2.26. The highest BCUT2D eigenvalue weighted by molar-refractivity contribution is 6.33. The van der Waals surface area contributed by atoms with E-state index >= 15 is 0 Å². The molecule has 3 rings (SSSR count). The average Bonchev–Trinajstić information content (AvgIpc) is 3.23. The number of anilines is 1. The molecule has 0 spiro atoms. The van der Waals surface area contributed by atoms with E-state index in [0.29, 0.717) is 16.5 Å². The molecule has 0 aliphatic rings. The van der Waals surface area contributed by atoms with Crippen molar-refractivity contribution >= 4 is 23.5 Å². The van der Waals surface area contributed by atoms with E-state index < -0.39 is 5.91 Å². The fraction of sp³-hybridized carbons (Fsp3) is 0.267. The molecule has 0 radical (unpaired) electrons. The fourth-order valence-corrected chi connectivity index (χ4v) is 2.04. The number of halogens is 1. The van der Waals surface area contributed by atoms with Gasteiger partial charge in [0, 0.05) is 11.5 Å². The molecule has 0 saturated carbocycles. The van der Waals surface area contributed by atoms with Crippen LogP contribution in [0.2, 0.25) is 5.02 Å². The molecule has 1 amide bonds. The topological polar surface area (TPSA) is 116 Å². The van der Waals surface area contributed by atoms with Gasteiger partial charge in [-0.05, 0) is 12.1 Å². The lowest BCUT2D eigenvalue weighted by atomic mass is 10.2. The maximum absolute atomic E-state index is 11.8. The third-order valence-electron chi connectivity index (χ3n) is 3.03. The van der Waals surface area contributed by atoms with Crippen molar-refractivity contribution in [3.05, 3.63) is 35.2 Å². The zero-order chi connectivity index (χ0) is 17.8. The normalized spacial score (nSPS) is 10.9. The Kier molecular flexibility index (Phi) is 4.94. The predicted molar refractivity (Wildman–Crippen MR) is 87.3 cm³/mol. The molecule has 1 N–H and O–H groups in total. The minimum Gasteiger partial charge on any atom is -0.439 e. The number of carbonyl (C=O) groups is 1. The van der Waals surface area contributed by atoms with E-state index in [2.05, 4.69) is 25.7 Å². The molecule has 1 aromatic carbocycles. The van der Waals surface area contributed by atoms with Gasteiger partial charge in [-0.15, -0.1) is 5.10 Å². The van der Waals surface area contributed by atoms with E-state index in [1.807, 2.05) is 13.8 Å². The summed E-state index contributed by atoms with van der Waals surface area (Å²) in [5, 5.41) is 14.2. The van der Waals surface area contributed by atoms with Crippen LogP contribution in [0.1, 0.15) is 25.7 Å². The Morgan fingerprint density at radius 3 is 2.84 bits per heavy atom. The van der Waals surface area contributed by atoms with E-state index in [1.165, 1.54) is 0 Å². The molecule has 2 heterocycles. The fourth-order valence-electron chi connectivity index (χ4n) is 1.82. The van der Waals surface area contributed by atoms with Gasteiger partial charge in [0.05, 0.1) is 5.02 Å². The van der Waals surface area contributed by atoms with Crippen LogP contribution in [0.4, 0.5) is 6.01 Å². The minimum absolute atomic E-state index is 0.000384. The van der Waals surface area contributed by atoms with Gasteiger partial charge in [0.15, 0.2) is 6.61 Å². The van der Waals surface area contributed by atoms with E-state index in [0.717, 1.165) is 0 Å². The van der Waals surface area contributed by atoms with Crippen LogP contribution in [-0.4, -0.2) is 32.9 Å². The van der Waals surface area contributed by atoms with Gasteiger partial charge in [0.1, 0.15) is 0 Å². The molecule has 0 aliphatic heterocycles. The van der Waals surface area contributed by atoms with Crippen molar-refractivity contribution in [2.24, 2.45) is 0 Å². The molecule has 0 atom stereocenters. The van der Waals surface area contributed by atoms with Gasteiger partial charge in [0.25, 0.3) is 5.91 Å². The van der Waals surface area contributed by atoms with Crippen molar-refractivity contribution < 1.29 is 18.5 Å². The van der Waals surface area contributed by atoms with Gasteiger partial charge in [0.2, 0.25) is 11.7 Å². The Hall–Kier alpha value is -2.94. The Bertz CT molecular complexity index is 876. The highest BCUT2D eigenvalue weighted by atomic mass is 35.5. The summed E-state index contributed by atoms with van der Waals surface area (Å²) in [5.41, 5.74) is 0.597. The Labute approximate surface area is 147 Å². The molecule has 10 heteroatoms. The number of hydrogen-bond donors (Lipinski definition) is 1. The second-order valence-corrected chi connectivity index (χ2v) is 5.71. The Morgan fingerprint density at radius 2 is 2.12 bits per heavy atom. The number of nitrogens with one attached hydrogen (secondary N) is 1. The van der Waals surface area contributed by atoms with Crippen LogP contribution in [0.3, 0.4) is 0 Å². The van der Waals surface area contributed by atoms with Gasteiger partial charge in [-0.1, -0.05) is 47.8 Å². The Balaban J connectivity index is 1.56. The molecular weight excluding hydrogens is 350 g/mol. The van der Waals surface area contributed by atoms with E-state index in [-0.39, 0.29) is 30.4 Å². The maximum Gasteiger partial charge on any atom is 0.418 e. The van der Waals surface area contributed by atoms with Crippen molar-refractivity contribution in [3.63, 3.8) is 0 Å². The largest absolute Gasteiger partial charge is 0.439 e. The van der Waals surface area contributed by atoms with Crippen LogP contribution in [0.25, 0.3) is 11.4 Å². The summed E-state index contributed by atoms with van der Waals surface area (Å²) in [6.07, 6.45) is -0.154. The van der Waals surface area contributed by atoms with Gasteiger partial charge in [-0.2, -0.15) is 4.98 Å². The molecular formula is C15H14ClN5O4. The van der Waals surface area contributed by atoms with Crippen LogP contribution in [0, 0.1) is 0 Å². The molecule has 3 aromatic rings. The van der Waals surface area contributed by atoms with Gasteiger partial charge in [-0.25, -0.2) is 0 Å². The summed E-state index contributed by atoms with van der Waals surface area (Å²) in [6.45, 7) is 3.44. The first-order valence-electron chi connectivity index (χ1n) is 7.37. The lowest BCUT2D eigenvalue weighted by Gasteiger charge is -2.00. The molecule has 2 aromatic heterocycles. The predicted octanol–water partition coefficient (Wildman–Crippen LogP) is 2.91. The number of amides is 1. The van der Waals surface area contributed by atoms with Crippen molar-refractivity contribution in [2.45, 2.75) is 19.8 Å². The molecule has 0 saturated heterocycles. The number of aromatic nitrogens is 4. The van der Waals surface area contributed by atoms with Crippen LogP contribution in [-0.2, 0) is 4.79 Å². The third-order valence-corrected chi connectivity index (χ3v) is 3.36. The highest BCUT2D eigenvalue weighted by Gasteiger charge is 2.15.